The van der Waals surface area contributed by atoms with Gasteiger partial charge in [-0.15, -0.1) is 0 Å². The second-order valence-electron chi connectivity index (χ2n) is 7.46. The van der Waals surface area contributed by atoms with Crippen molar-refractivity contribution in [2.45, 2.75) is 13.8 Å². The highest BCUT2D eigenvalue weighted by Gasteiger charge is 2.21. The number of nitrogens with zero attached hydrogens (tertiary/aromatic N) is 3. The third-order valence-corrected chi connectivity index (χ3v) is 5.55. The lowest BCUT2D eigenvalue weighted by atomic mass is 9.96. The maximum Gasteiger partial charge on any atom is 0.169 e. The van der Waals surface area contributed by atoms with E-state index in [-0.39, 0.29) is 0 Å². The first kappa shape index (κ1) is 20.5. The molecule has 0 saturated heterocycles. The normalized spacial score (nSPS) is 11.1. The molecular weight excluding hydrogens is 445 g/mol. The van der Waals surface area contributed by atoms with E-state index in [1.165, 1.54) is 0 Å². The predicted molar refractivity (Wildman–Crippen MR) is 126 cm³/mol. The quantitative estimate of drug-likeness (QED) is 0.275. The van der Waals surface area contributed by atoms with Crippen molar-refractivity contribution in [1.29, 1.82) is 0 Å². The summed E-state index contributed by atoms with van der Waals surface area (Å²) in [6.07, 6.45) is 0. The van der Waals surface area contributed by atoms with Gasteiger partial charge < -0.3 is 9.05 Å². The first-order valence-electron chi connectivity index (χ1n) is 9.92. The van der Waals surface area contributed by atoms with Crippen LogP contribution in [0, 0.1) is 13.8 Å². The number of hydrogen-bond donors (Lipinski definition) is 0. The molecule has 32 heavy (non-hydrogen) atoms. The first-order chi connectivity index (χ1) is 15.5. The minimum atomic E-state index is 0.611. The van der Waals surface area contributed by atoms with Crippen molar-refractivity contribution >= 4 is 23.2 Å². The topological polar surface area (TPSA) is 65.0 Å². The molecule has 0 radical (unpaired) electrons. The molecule has 7 heteroatoms. The van der Waals surface area contributed by atoms with E-state index in [1.807, 2.05) is 80.6 Å². The lowest BCUT2D eigenvalue weighted by Crippen LogP contribution is -1.96. The zero-order valence-electron chi connectivity index (χ0n) is 17.3. The Morgan fingerprint density at radius 1 is 0.594 bits per heavy atom. The molecule has 0 aliphatic rings. The summed E-state index contributed by atoms with van der Waals surface area (Å²) >= 11 is 12.3. The van der Waals surface area contributed by atoms with Gasteiger partial charge in [0.05, 0.1) is 22.8 Å². The molecule has 0 bridgehead atoms. The zero-order valence-corrected chi connectivity index (χ0v) is 18.8. The largest absolute Gasteiger partial charge is 0.356 e. The van der Waals surface area contributed by atoms with Gasteiger partial charge in [-0.25, -0.2) is 4.98 Å². The first-order valence-corrected chi connectivity index (χ1v) is 10.7. The van der Waals surface area contributed by atoms with Gasteiger partial charge >= 0.3 is 0 Å². The minimum absolute atomic E-state index is 0.611. The molecule has 5 nitrogen and oxygen atoms in total. The summed E-state index contributed by atoms with van der Waals surface area (Å²) in [5.74, 6) is 1.22. The molecule has 3 aromatic heterocycles. The number of rotatable bonds is 4. The maximum atomic E-state index is 6.13. The van der Waals surface area contributed by atoms with E-state index in [9.17, 15) is 0 Å². The average Bonchev–Trinajstić information content (AvgIpc) is 3.42. The lowest BCUT2D eigenvalue weighted by molar-refractivity contribution is 0.425. The van der Waals surface area contributed by atoms with Crippen LogP contribution in [0.3, 0.4) is 0 Å². The van der Waals surface area contributed by atoms with Crippen LogP contribution < -0.4 is 0 Å². The van der Waals surface area contributed by atoms with E-state index in [2.05, 4.69) is 10.3 Å². The van der Waals surface area contributed by atoms with Crippen LogP contribution >= 0.6 is 23.2 Å². The molecule has 0 aliphatic heterocycles. The zero-order chi connectivity index (χ0) is 22.2. The lowest BCUT2D eigenvalue weighted by Gasteiger charge is -2.14. The summed E-state index contributed by atoms with van der Waals surface area (Å²) in [6.45, 7) is 3.76. The Morgan fingerprint density at radius 2 is 1.00 bits per heavy atom. The standard InChI is InChI=1S/C25H17Cl2N3O2/c1-14-11-22(31-29-14)20-13-21(23-12-15(2)30-32-23)25(17-5-9-19(27)10-6-17)28-24(20)16-3-7-18(26)8-4-16/h3-13H,1-2H3. The number of aryl methyl sites for hydroxylation is 2. The molecule has 0 amide bonds. The highest BCUT2D eigenvalue weighted by molar-refractivity contribution is 6.31. The van der Waals surface area contributed by atoms with Gasteiger partial charge in [0.25, 0.3) is 0 Å². The van der Waals surface area contributed by atoms with Gasteiger partial charge in [0.1, 0.15) is 0 Å². The van der Waals surface area contributed by atoms with Crippen LogP contribution in [0.5, 0.6) is 0 Å². The van der Waals surface area contributed by atoms with Crippen LogP contribution in [-0.2, 0) is 0 Å². The van der Waals surface area contributed by atoms with E-state index in [0.717, 1.165) is 45.0 Å². The Kier molecular flexibility index (Phi) is 5.29. The Labute approximate surface area is 194 Å². The van der Waals surface area contributed by atoms with Crippen molar-refractivity contribution in [2.75, 3.05) is 0 Å². The number of halogens is 2. The monoisotopic (exact) mass is 461 g/mol. The fraction of sp³-hybridized carbons (Fsp3) is 0.0800. The summed E-state index contributed by atoms with van der Waals surface area (Å²) in [6, 6.07) is 20.8. The molecule has 0 saturated carbocycles. The number of aromatic nitrogens is 3. The highest BCUT2D eigenvalue weighted by Crippen LogP contribution is 2.40. The summed E-state index contributed by atoms with van der Waals surface area (Å²) in [5.41, 5.74) is 6.40. The fourth-order valence-corrected chi connectivity index (χ4v) is 3.78. The molecular formula is C25H17Cl2N3O2. The molecule has 0 fully saturated rings. The number of benzene rings is 2. The van der Waals surface area contributed by atoms with Gasteiger partial charge in [-0.1, -0.05) is 57.8 Å². The van der Waals surface area contributed by atoms with Gasteiger partial charge in [0.15, 0.2) is 11.5 Å². The molecule has 2 aromatic carbocycles. The third-order valence-electron chi connectivity index (χ3n) is 5.04. The van der Waals surface area contributed by atoms with Crippen LogP contribution in [0.25, 0.3) is 45.2 Å². The molecule has 5 aromatic rings. The fourth-order valence-electron chi connectivity index (χ4n) is 3.53. The van der Waals surface area contributed by atoms with E-state index in [1.54, 1.807) is 0 Å². The molecule has 0 aliphatic carbocycles. The van der Waals surface area contributed by atoms with Gasteiger partial charge in [0.2, 0.25) is 0 Å². The van der Waals surface area contributed by atoms with Crippen LogP contribution in [-0.4, -0.2) is 15.3 Å². The minimum Gasteiger partial charge on any atom is -0.356 e. The Hall–Kier alpha value is -3.41. The van der Waals surface area contributed by atoms with Crippen LogP contribution in [0.1, 0.15) is 11.4 Å². The van der Waals surface area contributed by atoms with E-state index in [4.69, 9.17) is 37.2 Å². The van der Waals surface area contributed by atoms with E-state index in [0.29, 0.717) is 21.6 Å². The predicted octanol–water partition coefficient (Wildman–Crippen LogP) is 7.65. The SMILES string of the molecule is Cc1cc(-c2cc(-c3cc(C)no3)c(-c3ccc(Cl)cc3)nc2-c2ccc(Cl)cc2)on1. The molecule has 0 spiro atoms. The second kappa shape index (κ2) is 8.26. The van der Waals surface area contributed by atoms with Crippen LogP contribution in [0.4, 0.5) is 0 Å². The molecule has 0 N–H and O–H groups in total. The molecule has 0 atom stereocenters. The van der Waals surface area contributed by atoms with Gasteiger partial charge in [-0.2, -0.15) is 0 Å². The summed E-state index contributed by atoms with van der Waals surface area (Å²) < 4.78 is 11.2. The summed E-state index contributed by atoms with van der Waals surface area (Å²) in [4.78, 5) is 5.08. The Balaban J connectivity index is 1.83. The Bertz CT molecular complexity index is 1300. The molecule has 0 unspecified atom stereocenters. The smallest absolute Gasteiger partial charge is 0.169 e. The van der Waals surface area contributed by atoms with Crippen molar-refractivity contribution in [1.82, 2.24) is 15.3 Å². The molecule has 158 valence electrons. The second-order valence-corrected chi connectivity index (χ2v) is 8.33. The van der Waals surface area contributed by atoms with Gasteiger partial charge in [-0.3, -0.25) is 0 Å². The summed E-state index contributed by atoms with van der Waals surface area (Å²) in [7, 11) is 0. The van der Waals surface area contributed by atoms with E-state index >= 15 is 0 Å². The molecule has 3 heterocycles. The number of pyridine rings is 1. The maximum absolute atomic E-state index is 6.13. The van der Waals surface area contributed by atoms with Gasteiger partial charge in [-0.05, 0) is 44.2 Å². The van der Waals surface area contributed by atoms with E-state index < -0.39 is 0 Å². The molecule has 5 rings (SSSR count). The van der Waals surface area contributed by atoms with Crippen molar-refractivity contribution in [3.8, 4) is 45.2 Å². The van der Waals surface area contributed by atoms with Crippen LogP contribution in [0.15, 0.2) is 75.8 Å². The van der Waals surface area contributed by atoms with Crippen LogP contribution in [0.2, 0.25) is 10.0 Å². The third kappa shape index (κ3) is 3.93. The number of hydrogen-bond acceptors (Lipinski definition) is 5. The van der Waals surface area contributed by atoms with Crippen molar-refractivity contribution in [2.24, 2.45) is 0 Å². The average molecular weight is 462 g/mol. The highest BCUT2D eigenvalue weighted by atomic mass is 35.5. The van der Waals surface area contributed by atoms with Gasteiger partial charge in [0, 0.05) is 44.4 Å². The van der Waals surface area contributed by atoms with Crippen molar-refractivity contribution < 1.29 is 9.05 Å². The summed E-state index contributed by atoms with van der Waals surface area (Å²) in [5, 5.41) is 9.43. The van der Waals surface area contributed by atoms with Crippen molar-refractivity contribution in [3.63, 3.8) is 0 Å². The van der Waals surface area contributed by atoms with Crippen molar-refractivity contribution in [3.05, 3.63) is 88.2 Å². The Morgan fingerprint density at radius 3 is 1.34 bits per heavy atom.